The van der Waals surface area contributed by atoms with Crippen LogP contribution in [0.4, 0.5) is 9.59 Å². The summed E-state index contributed by atoms with van der Waals surface area (Å²) in [4.78, 5) is 45.7. The lowest BCUT2D eigenvalue weighted by molar-refractivity contribution is -0.136. The summed E-state index contributed by atoms with van der Waals surface area (Å²) in [5.74, 6) is -0.611. The van der Waals surface area contributed by atoms with Crippen molar-refractivity contribution < 1.29 is 23.9 Å². The van der Waals surface area contributed by atoms with Gasteiger partial charge in [0.05, 0.1) is 17.6 Å². The topological polar surface area (TPSA) is 127 Å². The minimum Gasteiger partial charge on any atom is -0.445 e. The predicted molar refractivity (Wildman–Crippen MR) is 169 cm³/mol. The summed E-state index contributed by atoms with van der Waals surface area (Å²) in [6.45, 7) is 6.72. The highest BCUT2D eigenvalue weighted by molar-refractivity contribution is 5.98. The third-order valence-corrected chi connectivity index (χ3v) is 7.92. The number of carbonyl (C=O) groups is 3. The van der Waals surface area contributed by atoms with Crippen LogP contribution in [0.25, 0.3) is 10.9 Å². The standard InChI is InChI=1S/C35H40N4O5/c1-33(2,3)44-32(42)39(30(40)34(4,36)20-26-21-37-29-17-11-9-15-27(26)29)23-35(19-18-25-14-8-10-16-28(25)35)38-31(41)43-22-24-12-6-5-7-13-24/h5-17,21,37H,18-20,22-23,36H2,1-4H3,(H,38,41)/t34-,35?/m1/s1. The van der Waals surface area contributed by atoms with Gasteiger partial charge in [0.1, 0.15) is 12.2 Å². The Labute approximate surface area is 257 Å². The molecule has 0 saturated carbocycles. The number of rotatable bonds is 8. The zero-order valence-corrected chi connectivity index (χ0v) is 25.7. The van der Waals surface area contributed by atoms with Crippen LogP contribution in [-0.4, -0.2) is 45.7 Å². The number of imide groups is 1. The molecule has 2 atom stereocenters. The molecule has 44 heavy (non-hydrogen) atoms. The molecule has 1 unspecified atom stereocenters. The third-order valence-electron chi connectivity index (χ3n) is 7.92. The smallest absolute Gasteiger partial charge is 0.417 e. The molecule has 0 spiro atoms. The molecule has 4 N–H and O–H groups in total. The molecule has 230 valence electrons. The van der Waals surface area contributed by atoms with Crippen molar-refractivity contribution in [1.82, 2.24) is 15.2 Å². The number of aryl methyl sites for hydroxylation is 1. The van der Waals surface area contributed by atoms with Crippen LogP contribution in [0.15, 0.2) is 85.1 Å². The van der Waals surface area contributed by atoms with Gasteiger partial charge in [0.2, 0.25) is 0 Å². The molecule has 9 heteroatoms. The number of alkyl carbamates (subject to hydrolysis) is 1. The average molecular weight is 597 g/mol. The third kappa shape index (κ3) is 6.78. The lowest BCUT2D eigenvalue weighted by atomic mass is 9.88. The van der Waals surface area contributed by atoms with E-state index in [2.05, 4.69) is 10.3 Å². The van der Waals surface area contributed by atoms with Crippen molar-refractivity contribution in [3.63, 3.8) is 0 Å². The SMILES string of the molecule is CC(C)(C)OC(=O)N(CC1(NC(=O)OCc2ccccc2)CCc2ccccc21)C(=O)[C@](C)(N)Cc1c[nH]c2ccccc12. The minimum absolute atomic E-state index is 0.0740. The van der Waals surface area contributed by atoms with Gasteiger partial charge in [-0.2, -0.15) is 0 Å². The fourth-order valence-electron chi connectivity index (χ4n) is 5.84. The molecule has 0 fully saturated rings. The van der Waals surface area contributed by atoms with Gasteiger partial charge in [-0.1, -0.05) is 72.8 Å². The number of nitrogens with one attached hydrogen (secondary N) is 2. The van der Waals surface area contributed by atoms with E-state index in [1.807, 2.05) is 85.1 Å². The number of benzene rings is 3. The Bertz CT molecular complexity index is 1660. The number of aromatic amines is 1. The van der Waals surface area contributed by atoms with Crippen LogP contribution in [0, 0.1) is 0 Å². The molecule has 0 aliphatic heterocycles. The molecule has 3 aromatic carbocycles. The maximum atomic E-state index is 14.3. The van der Waals surface area contributed by atoms with Gasteiger partial charge in [-0.15, -0.1) is 0 Å². The van der Waals surface area contributed by atoms with Crippen molar-refractivity contribution in [2.24, 2.45) is 5.73 Å². The van der Waals surface area contributed by atoms with E-state index in [0.29, 0.717) is 12.8 Å². The summed E-state index contributed by atoms with van der Waals surface area (Å²) in [6, 6.07) is 24.8. The van der Waals surface area contributed by atoms with Gasteiger partial charge in [-0.05, 0) is 68.9 Å². The maximum absolute atomic E-state index is 14.3. The second kappa shape index (κ2) is 12.2. The first kappa shape index (κ1) is 30.8. The Hall–Kier alpha value is -4.63. The van der Waals surface area contributed by atoms with Crippen LogP contribution in [0.5, 0.6) is 0 Å². The molecule has 4 aromatic rings. The maximum Gasteiger partial charge on any atom is 0.417 e. The first-order valence-electron chi connectivity index (χ1n) is 14.8. The Balaban J connectivity index is 1.47. The summed E-state index contributed by atoms with van der Waals surface area (Å²) >= 11 is 0. The Morgan fingerprint density at radius 3 is 2.39 bits per heavy atom. The van der Waals surface area contributed by atoms with E-state index in [1.165, 1.54) is 0 Å². The van der Waals surface area contributed by atoms with Gasteiger partial charge in [-0.25, -0.2) is 14.5 Å². The van der Waals surface area contributed by atoms with Crippen molar-refractivity contribution in [2.45, 2.75) is 70.2 Å². The highest BCUT2D eigenvalue weighted by Gasteiger charge is 2.47. The highest BCUT2D eigenvalue weighted by Crippen LogP contribution is 2.38. The van der Waals surface area contributed by atoms with Crippen LogP contribution in [0.2, 0.25) is 0 Å². The largest absolute Gasteiger partial charge is 0.445 e. The van der Waals surface area contributed by atoms with E-state index in [4.69, 9.17) is 15.2 Å². The van der Waals surface area contributed by atoms with Gasteiger partial charge in [-0.3, -0.25) is 4.79 Å². The van der Waals surface area contributed by atoms with Crippen molar-refractivity contribution >= 4 is 29.0 Å². The number of aromatic nitrogens is 1. The second-order valence-corrected chi connectivity index (χ2v) is 12.8. The quantitative estimate of drug-likeness (QED) is 0.230. The van der Waals surface area contributed by atoms with Crippen LogP contribution in [0.1, 0.15) is 56.4 Å². The Morgan fingerprint density at radius 1 is 0.955 bits per heavy atom. The van der Waals surface area contributed by atoms with Gasteiger partial charge < -0.3 is 25.5 Å². The summed E-state index contributed by atoms with van der Waals surface area (Å²) in [5.41, 5.74) is 7.72. The Morgan fingerprint density at radius 2 is 1.64 bits per heavy atom. The molecule has 3 amide bonds. The number of fused-ring (bicyclic) bond motifs is 2. The number of nitrogens with two attached hydrogens (primary N) is 1. The summed E-state index contributed by atoms with van der Waals surface area (Å²) in [6.07, 6.45) is 1.60. The van der Waals surface area contributed by atoms with E-state index in [-0.39, 0.29) is 19.6 Å². The summed E-state index contributed by atoms with van der Waals surface area (Å²) in [7, 11) is 0. The van der Waals surface area contributed by atoms with E-state index >= 15 is 0 Å². The van der Waals surface area contributed by atoms with E-state index in [1.54, 1.807) is 27.7 Å². The lowest BCUT2D eigenvalue weighted by Gasteiger charge is -2.39. The molecule has 1 aliphatic rings. The van der Waals surface area contributed by atoms with Gasteiger partial charge in [0.25, 0.3) is 5.91 Å². The van der Waals surface area contributed by atoms with Crippen molar-refractivity contribution in [3.05, 3.63) is 107 Å². The summed E-state index contributed by atoms with van der Waals surface area (Å²) < 4.78 is 11.3. The fourth-order valence-corrected chi connectivity index (χ4v) is 5.84. The Kier molecular flexibility index (Phi) is 8.52. The second-order valence-electron chi connectivity index (χ2n) is 12.8. The zero-order valence-electron chi connectivity index (χ0n) is 25.7. The monoisotopic (exact) mass is 596 g/mol. The number of nitrogens with zero attached hydrogens (tertiary/aromatic N) is 1. The lowest BCUT2D eigenvalue weighted by Crippen LogP contribution is -2.61. The van der Waals surface area contributed by atoms with Crippen LogP contribution >= 0.6 is 0 Å². The minimum atomic E-state index is -1.48. The van der Waals surface area contributed by atoms with E-state index in [0.717, 1.165) is 38.1 Å². The van der Waals surface area contributed by atoms with Crippen molar-refractivity contribution in [3.8, 4) is 0 Å². The number of carbonyl (C=O) groups excluding carboxylic acids is 3. The number of amides is 3. The molecule has 0 radical (unpaired) electrons. The van der Waals surface area contributed by atoms with E-state index < -0.39 is 34.8 Å². The summed E-state index contributed by atoms with van der Waals surface area (Å²) in [5, 5.41) is 3.98. The normalized spacial score (nSPS) is 17.4. The average Bonchev–Trinajstić information content (AvgIpc) is 3.55. The number of hydrogen-bond donors (Lipinski definition) is 3. The van der Waals surface area contributed by atoms with Crippen molar-refractivity contribution in [2.75, 3.05) is 6.54 Å². The molecule has 9 nitrogen and oxygen atoms in total. The molecule has 1 aliphatic carbocycles. The van der Waals surface area contributed by atoms with Crippen LogP contribution in [-0.2, 0) is 39.3 Å². The molecule has 1 aromatic heterocycles. The molecular formula is C35H40N4O5. The molecule has 0 saturated heterocycles. The highest BCUT2D eigenvalue weighted by atomic mass is 16.6. The predicted octanol–water partition coefficient (Wildman–Crippen LogP) is 5.96. The molecule has 0 bridgehead atoms. The van der Waals surface area contributed by atoms with Crippen LogP contribution < -0.4 is 11.1 Å². The van der Waals surface area contributed by atoms with Gasteiger partial charge >= 0.3 is 12.2 Å². The fraction of sp³-hybridized carbons (Fsp3) is 0.343. The number of H-pyrrole nitrogens is 1. The number of hydrogen-bond acceptors (Lipinski definition) is 6. The zero-order chi connectivity index (χ0) is 31.5. The molecule has 5 rings (SSSR count). The first-order chi connectivity index (χ1) is 20.9. The molecular weight excluding hydrogens is 556 g/mol. The first-order valence-corrected chi connectivity index (χ1v) is 14.8. The van der Waals surface area contributed by atoms with Crippen LogP contribution in [0.3, 0.4) is 0 Å². The van der Waals surface area contributed by atoms with Gasteiger partial charge in [0.15, 0.2) is 0 Å². The number of para-hydroxylation sites is 1. The van der Waals surface area contributed by atoms with Gasteiger partial charge in [0, 0.05) is 23.5 Å². The molecule has 1 heterocycles. The van der Waals surface area contributed by atoms with E-state index in [9.17, 15) is 14.4 Å². The van der Waals surface area contributed by atoms with Crippen molar-refractivity contribution in [1.29, 1.82) is 0 Å². The number of ether oxygens (including phenoxy) is 2.